The fourth-order valence-electron chi connectivity index (χ4n) is 2.52. The lowest BCUT2D eigenvalue weighted by Gasteiger charge is -2.32. The Hall–Kier alpha value is -2.18. The summed E-state index contributed by atoms with van der Waals surface area (Å²) in [4.78, 5) is 18.1. The van der Waals surface area contributed by atoms with E-state index in [9.17, 15) is 4.79 Å². The van der Waals surface area contributed by atoms with Crippen LogP contribution in [0.3, 0.4) is 0 Å². The maximum absolute atomic E-state index is 12.3. The molecular weight excluding hydrogens is 375 g/mol. The topological polar surface area (TPSA) is 80.0 Å². The van der Waals surface area contributed by atoms with Gasteiger partial charge in [0.05, 0.1) is 0 Å². The zero-order chi connectivity index (χ0) is 18.9. The first-order valence-corrected chi connectivity index (χ1v) is 8.98. The fraction of sp³-hybridized carbons (Fsp3) is 0.333. The van der Waals surface area contributed by atoms with Crippen molar-refractivity contribution in [2.24, 2.45) is 10.7 Å². The second kappa shape index (κ2) is 10.1. The first kappa shape index (κ1) is 20.1. The third-order valence-corrected chi connectivity index (χ3v) is 4.48. The molecule has 1 heterocycles. The van der Waals surface area contributed by atoms with Crippen molar-refractivity contribution in [2.45, 2.75) is 25.5 Å². The molecule has 1 fully saturated rings. The molecule has 6 nitrogen and oxygen atoms in total. The van der Waals surface area contributed by atoms with E-state index in [1.165, 1.54) is 12.4 Å². The number of nitrogens with two attached hydrogens (primary N) is 1. The molecule has 0 atom stereocenters. The number of hydrogen-bond acceptors (Lipinski definition) is 4. The van der Waals surface area contributed by atoms with Gasteiger partial charge in [0.2, 0.25) is 5.88 Å². The van der Waals surface area contributed by atoms with E-state index in [2.05, 4.69) is 16.9 Å². The SMILES string of the molecule is C=C(/N=C\C=C/N)OC1CCN(C(=O)NCc2ccc(Cl)cc2Cl)CC1. The zero-order valence-corrected chi connectivity index (χ0v) is 15.8. The summed E-state index contributed by atoms with van der Waals surface area (Å²) in [5.74, 6) is 0.336. The Balaban J connectivity index is 1.75. The van der Waals surface area contributed by atoms with E-state index in [0.29, 0.717) is 35.6 Å². The minimum atomic E-state index is -0.126. The molecule has 2 rings (SSSR count). The van der Waals surface area contributed by atoms with Crippen LogP contribution in [0.4, 0.5) is 4.79 Å². The van der Waals surface area contributed by atoms with Crippen LogP contribution in [0, 0.1) is 0 Å². The van der Waals surface area contributed by atoms with Gasteiger partial charge in [0, 0.05) is 48.7 Å². The molecule has 0 bridgehead atoms. The zero-order valence-electron chi connectivity index (χ0n) is 14.3. The van der Waals surface area contributed by atoms with Crippen molar-refractivity contribution in [3.8, 4) is 0 Å². The standard InChI is InChI=1S/C18H22Cl2N4O2/c1-13(22-8-2-7-21)26-16-5-9-24(10-6-16)18(25)23-12-14-3-4-15(19)11-17(14)20/h2-4,7-8,11,16H,1,5-6,9-10,12,21H2,(H,23,25)/b7-2-,22-8-. The fourth-order valence-corrected chi connectivity index (χ4v) is 3.00. The Morgan fingerprint density at radius 1 is 1.42 bits per heavy atom. The minimum absolute atomic E-state index is 0.00346. The van der Waals surface area contributed by atoms with Gasteiger partial charge in [-0.2, -0.15) is 0 Å². The molecule has 26 heavy (non-hydrogen) atoms. The smallest absolute Gasteiger partial charge is 0.317 e. The molecule has 2 amide bonds. The second-order valence-corrected chi connectivity index (χ2v) is 6.60. The van der Waals surface area contributed by atoms with E-state index in [4.69, 9.17) is 33.7 Å². The highest BCUT2D eigenvalue weighted by molar-refractivity contribution is 6.35. The number of halogens is 2. The van der Waals surface area contributed by atoms with Crippen molar-refractivity contribution in [3.63, 3.8) is 0 Å². The maximum atomic E-state index is 12.3. The van der Waals surface area contributed by atoms with Gasteiger partial charge in [0.15, 0.2) is 0 Å². The van der Waals surface area contributed by atoms with Crippen molar-refractivity contribution in [1.82, 2.24) is 10.2 Å². The molecule has 0 radical (unpaired) electrons. The maximum Gasteiger partial charge on any atom is 0.317 e. The summed E-state index contributed by atoms with van der Waals surface area (Å²) < 4.78 is 5.67. The van der Waals surface area contributed by atoms with Gasteiger partial charge in [0.1, 0.15) is 6.10 Å². The monoisotopic (exact) mass is 396 g/mol. The number of hydrogen-bond donors (Lipinski definition) is 2. The quantitative estimate of drug-likeness (QED) is 0.568. The Morgan fingerprint density at radius 3 is 2.81 bits per heavy atom. The van der Waals surface area contributed by atoms with Crippen molar-refractivity contribution in [1.29, 1.82) is 0 Å². The van der Waals surface area contributed by atoms with Gasteiger partial charge in [0.25, 0.3) is 0 Å². The number of ether oxygens (including phenoxy) is 1. The number of piperidine rings is 1. The number of urea groups is 1. The number of likely N-dealkylation sites (tertiary alicyclic amines) is 1. The lowest BCUT2D eigenvalue weighted by molar-refractivity contribution is 0.0598. The number of allylic oxidation sites excluding steroid dienone is 1. The van der Waals surface area contributed by atoms with Crippen LogP contribution in [0.25, 0.3) is 0 Å². The van der Waals surface area contributed by atoms with Gasteiger partial charge in [-0.25, -0.2) is 9.79 Å². The van der Waals surface area contributed by atoms with Gasteiger partial charge >= 0.3 is 6.03 Å². The van der Waals surface area contributed by atoms with Gasteiger partial charge in [-0.1, -0.05) is 29.3 Å². The summed E-state index contributed by atoms with van der Waals surface area (Å²) in [5, 5.41) is 3.98. The minimum Gasteiger partial charge on any atom is -0.475 e. The van der Waals surface area contributed by atoms with Crippen molar-refractivity contribution in [2.75, 3.05) is 13.1 Å². The molecule has 0 spiro atoms. The number of nitrogens with one attached hydrogen (secondary N) is 1. The lowest BCUT2D eigenvalue weighted by Crippen LogP contribution is -2.45. The Bertz CT molecular complexity index is 698. The van der Waals surface area contributed by atoms with Crippen LogP contribution in [0.5, 0.6) is 0 Å². The summed E-state index contributed by atoms with van der Waals surface area (Å²) in [6.07, 6.45) is 5.93. The third-order valence-electron chi connectivity index (χ3n) is 3.89. The first-order valence-electron chi connectivity index (χ1n) is 8.22. The highest BCUT2D eigenvalue weighted by atomic mass is 35.5. The molecule has 1 aromatic carbocycles. The van der Waals surface area contributed by atoms with E-state index in [1.54, 1.807) is 29.2 Å². The van der Waals surface area contributed by atoms with E-state index in [1.807, 2.05) is 0 Å². The van der Waals surface area contributed by atoms with Crippen molar-refractivity contribution >= 4 is 35.4 Å². The van der Waals surface area contributed by atoms with Crippen LogP contribution in [0.15, 0.2) is 47.9 Å². The average Bonchev–Trinajstić information content (AvgIpc) is 2.61. The van der Waals surface area contributed by atoms with E-state index >= 15 is 0 Å². The van der Waals surface area contributed by atoms with Gasteiger partial charge in [-0.05, 0) is 36.6 Å². The molecule has 0 aromatic heterocycles. The van der Waals surface area contributed by atoms with Gasteiger partial charge in [-0.3, -0.25) is 0 Å². The molecule has 1 aliphatic heterocycles. The normalized spacial score (nSPS) is 15.5. The number of carbonyl (C=O) groups excluding carboxylic acids is 1. The van der Waals surface area contributed by atoms with Crippen LogP contribution in [-0.4, -0.2) is 36.3 Å². The Labute approximate surface area is 163 Å². The number of rotatable bonds is 6. The summed E-state index contributed by atoms with van der Waals surface area (Å²) in [7, 11) is 0. The molecule has 3 N–H and O–H groups in total. The average molecular weight is 397 g/mol. The molecule has 0 unspecified atom stereocenters. The van der Waals surface area contributed by atoms with E-state index in [-0.39, 0.29) is 12.1 Å². The predicted octanol–water partition coefficient (Wildman–Crippen LogP) is 3.70. The van der Waals surface area contributed by atoms with Crippen LogP contribution >= 0.6 is 23.2 Å². The summed E-state index contributed by atoms with van der Waals surface area (Å²) in [5.41, 5.74) is 6.04. The molecule has 0 saturated carbocycles. The summed E-state index contributed by atoms with van der Waals surface area (Å²) in [6.45, 7) is 5.30. The van der Waals surface area contributed by atoms with Gasteiger partial charge in [-0.15, -0.1) is 0 Å². The van der Waals surface area contributed by atoms with Crippen LogP contribution in [0.2, 0.25) is 10.0 Å². The molecular formula is C18H22Cl2N4O2. The molecule has 1 aromatic rings. The molecule has 0 aliphatic carbocycles. The highest BCUT2D eigenvalue weighted by Gasteiger charge is 2.24. The van der Waals surface area contributed by atoms with Crippen molar-refractivity contribution in [3.05, 3.63) is 58.5 Å². The van der Waals surface area contributed by atoms with Crippen molar-refractivity contribution < 1.29 is 9.53 Å². The lowest BCUT2D eigenvalue weighted by atomic mass is 10.1. The molecule has 8 heteroatoms. The van der Waals surface area contributed by atoms with E-state index < -0.39 is 0 Å². The Morgan fingerprint density at radius 2 is 2.15 bits per heavy atom. The molecule has 1 saturated heterocycles. The third kappa shape index (κ3) is 6.28. The summed E-state index contributed by atoms with van der Waals surface area (Å²) in [6, 6.07) is 5.08. The van der Waals surface area contributed by atoms with E-state index in [0.717, 1.165) is 18.4 Å². The largest absolute Gasteiger partial charge is 0.475 e. The Kier molecular flexibility index (Phi) is 7.81. The highest BCUT2D eigenvalue weighted by Crippen LogP contribution is 2.21. The first-order chi connectivity index (χ1) is 12.5. The van der Waals surface area contributed by atoms with Crippen LogP contribution in [-0.2, 0) is 11.3 Å². The second-order valence-electron chi connectivity index (χ2n) is 5.76. The van der Waals surface area contributed by atoms with Crippen LogP contribution in [0.1, 0.15) is 18.4 Å². The molecule has 1 aliphatic rings. The molecule has 140 valence electrons. The number of carbonyl (C=O) groups is 1. The predicted molar refractivity (Wildman–Crippen MR) is 105 cm³/mol. The number of benzene rings is 1. The van der Waals surface area contributed by atoms with Crippen LogP contribution < -0.4 is 11.1 Å². The number of nitrogens with zero attached hydrogens (tertiary/aromatic N) is 2. The number of aliphatic imine (C=N–C) groups is 1. The van der Waals surface area contributed by atoms with Gasteiger partial charge < -0.3 is 20.7 Å². The number of amides is 2. The summed E-state index contributed by atoms with van der Waals surface area (Å²) >= 11 is 12.0.